The van der Waals surface area contributed by atoms with E-state index in [2.05, 4.69) is 15.0 Å². The lowest BCUT2D eigenvalue weighted by atomic mass is 10.1. The van der Waals surface area contributed by atoms with Crippen LogP contribution in [-0.4, -0.2) is 34.6 Å². The van der Waals surface area contributed by atoms with E-state index in [1.165, 1.54) is 18.4 Å². The molecule has 1 atom stereocenters. The lowest BCUT2D eigenvalue weighted by molar-refractivity contribution is -0.142. The summed E-state index contributed by atoms with van der Waals surface area (Å²) in [5.74, 6) is -0.850. The highest BCUT2D eigenvalue weighted by Crippen LogP contribution is 2.30. The summed E-state index contributed by atoms with van der Waals surface area (Å²) in [5.41, 5.74) is 1.43. The fraction of sp³-hybridized carbons (Fsp3) is 0.167. The normalized spacial score (nSPS) is 11.8. The maximum absolute atomic E-state index is 12.7. The van der Waals surface area contributed by atoms with E-state index in [0.717, 1.165) is 5.56 Å². The minimum Gasteiger partial charge on any atom is -0.467 e. The third-order valence-corrected chi connectivity index (χ3v) is 4.66. The molecule has 6 nitrogen and oxygen atoms in total. The van der Waals surface area contributed by atoms with E-state index < -0.39 is 12.0 Å². The zero-order valence-corrected chi connectivity index (χ0v) is 14.6. The van der Waals surface area contributed by atoms with Gasteiger partial charge in [0.2, 0.25) is 0 Å². The van der Waals surface area contributed by atoms with Crippen LogP contribution in [0.4, 0.5) is 0 Å². The molecule has 1 unspecified atom stereocenters. The topological polar surface area (TPSA) is 73.2 Å². The molecule has 0 fully saturated rings. The summed E-state index contributed by atoms with van der Waals surface area (Å²) in [7, 11) is 1.29. The van der Waals surface area contributed by atoms with Gasteiger partial charge >= 0.3 is 5.97 Å². The number of hydrogen-bond donors (Lipinski definition) is 1. The molecule has 0 saturated heterocycles. The van der Waals surface area contributed by atoms with Crippen molar-refractivity contribution in [3.05, 3.63) is 59.7 Å². The van der Waals surface area contributed by atoms with Crippen molar-refractivity contribution in [3.8, 4) is 16.4 Å². The smallest absolute Gasteiger partial charge is 0.328 e. The van der Waals surface area contributed by atoms with Crippen LogP contribution in [0.5, 0.6) is 0 Å². The molecular weight excluding hydrogens is 338 g/mol. The van der Waals surface area contributed by atoms with E-state index in [1.54, 1.807) is 6.92 Å². The largest absolute Gasteiger partial charge is 0.467 e. The van der Waals surface area contributed by atoms with Gasteiger partial charge in [-0.3, -0.25) is 4.79 Å². The fourth-order valence-electron chi connectivity index (χ4n) is 2.32. The predicted molar refractivity (Wildman–Crippen MR) is 95.8 cm³/mol. The Morgan fingerprint density at radius 2 is 1.84 bits per heavy atom. The fourth-order valence-corrected chi connectivity index (χ4v) is 3.28. The van der Waals surface area contributed by atoms with Crippen LogP contribution < -0.4 is 5.32 Å². The number of methoxy groups -OCH3 is 1. The number of esters is 1. The second kappa shape index (κ2) is 7.31. The summed E-state index contributed by atoms with van der Waals surface area (Å²) < 4.78 is 6.50. The SMILES string of the molecule is COC(=O)C(C)NC(=O)c1sc(-n2cccc2)nc1-c1ccccc1. The van der Waals surface area contributed by atoms with Gasteiger partial charge in [0.15, 0.2) is 5.13 Å². The standard InChI is InChI=1S/C18H17N3O3S/c1-12(17(23)24-2)19-16(22)15-14(13-8-4-3-5-9-13)20-18(25-15)21-10-6-7-11-21/h3-12H,1-2H3,(H,19,22). The number of carbonyl (C=O) groups excluding carboxylic acids is 2. The van der Waals surface area contributed by atoms with Gasteiger partial charge in [-0.1, -0.05) is 41.7 Å². The minimum atomic E-state index is -0.738. The Bertz CT molecular complexity index is 872. The van der Waals surface area contributed by atoms with Crippen molar-refractivity contribution in [2.75, 3.05) is 7.11 Å². The Morgan fingerprint density at radius 1 is 1.16 bits per heavy atom. The highest BCUT2D eigenvalue weighted by Gasteiger charge is 2.23. The summed E-state index contributed by atoms with van der Waals surface area (Å²) in [6, 6.07) is 12.5. The van der Waals surface area contributed by atoms with Gasteiger partial charge in [-0.25, -0.2) is 9.78 Å². The molecule has 1 aromatic carbocycles. The Hall–Kier alpha value is -2.93. The quantitative estimate of drug-likeness (QED) is 0.714. The number of nitrogens with one attached hydrogen (secondary N) is 1. The average Bonchev–Trinajstić information content (AvgIpc) is 3.31. The Balaban J connectivity index is 1.99. The number of ether oxygens (including phenoxy) is 1. The van der Waals surface area contributed by atoms with Crippen LogP contribution in [0, 0.1) is 0 Å². The van der Waals surface area contributed by atoms with E-state index in [4.69, 9.17) is 0 Å². The van der Waals surface area contributed by atoms with Gasteiger partial charge in [0.1, 0.15) is 10.9 Å². The molecule has 7 heteroatoms. The maximum atomic E-state index is 12.7. The molecule has 0 aliphatic carbocycles. The maximum Gasteiger partial charge on any atom is 0.328 e. The predicted octanol–water partition coefficient (Wildman–Crippen LogP) is 2.89. The van der Waals surface area contributed by atoms with Crippen LogP contribution in [0.2, 0.25) is 0 Å². The number of thiazole rings is 1. The van der Waals surface area contributed by atoms with Crippen LogP contribution in [0.3, 0.4) is 0 Å². The number of amides is 1. The lowest BCUT2D eigenvalue weighted by Gasteiger charge is -2.11. The molecule has 2 heterocycles. The first-order valence-electron chi connectivity index (χ1n) is 7.68. The van der Waals surface area contributed by atoms with Crippen molar-refractivity contribution >= 4 is 23.2 Å². The summed E-state index contributed by atoms with van der Waals surface area (Å²) in [6.45, 7) is 1.58. The molecule has 1 amide bonds. The van der Waals surface area contributed by atoms with Crippen LogP contribution in [0.15, 0.2) is 54.9 Å². The molecule has 0 radical (unpaired) electrons. The summed E-state index contributed by atoms with van der Waals surface area (Å²) in [6.07, 6.45) is 3.73. The van der Waals surface area contributed by atoms with Crippen LogP contribution in [0.1, 0.15) is 16.6 Å². The van der Waals surface area contributed by atoms with E-state index in [9.17, 15) is 9.59 Å². The van der Waals surface area contributed by atoms with Gasteiger partial charge in [-0.15, -0.1) is 0 Å². The van der Waals surface area contributed by atoms with Crippen LogP contribution >= 0.6 is 11.3 Å². The van der Waals surface area contributed by atoms with Crippen molar-refractivity contribution in [2.45, 2.75) is 13.0 Å². The molecule has 0 aliphatic rings. The molecule has 3 aromatic rings. The van der Waals surface area contributed by atoms with Crippen molar-refractivity contribution in [1.29, 1.82) is 0 Å². The van der Waals surface area contributed by atoms with Gasteiger partial charge in [0, 0.05) is 18.0 Å². The monoisotopic (exact) mass is 355 g/mol. The highest BCUT2D eigenvalue weighted by atomic mass is 32.1. The van der Waals surface area contributed by atoms with Crippen molar-refractivity contribution in [3.63, 3.8) is 0 Å². The Morgan fingerprint density at radius 3 is 2.48 bits per heavy atom. The minimum absolute atomic E-state index is 0.354. The van der Waals surface area contributed by atoms with Crippen molar-refractivity contribution in [1.82, 2.24) is 14.9 Å². The van der Waals surface area contributed by atoms with Gasteiger partial charge < -0.3 is 14.6 Å². The van der Waals surface area contributed by atoms with Gasteiger partial charge in [-0.05, 0) is 19.1 Å². The van der Waals surface area contributed by atoms with E-state index in [1.807, 2.05) is 59.4 Å². The van der Waals surface area contributed by atoms with Crippen molar-refractivity contribution < 1.29 is 14.3 Å². The first-order chi connectivity index (χ1) is 12.1. The molecule has 2 aromatic heterocycles. The number of rotatable bonds is 5. The van der Waals surface area contributed by atoms with Gasteiger partial charge in [-0.2, -0.15) is 0 Å². The Kier molecular flexibility index (Phi) is 4.95. The molecule has 0 bridgehead atoms. The lowest BCUT2D eigenvalue weighted by Crippen LogP contribution is -2.39. The van der Waals surface area contributed by atoms with Gasteiger partial charge in [0.05, 0.1) is 12.8 Å². The van der Waals surface area contributed by atoms with Crippen LogP contribution in [-0.2, 0) is 9.53 Å². The molecule has 25 heavy (non-hydrogen) atoms. The summed E-state index contributed by atoms with van der Waals surface area (Å²) in [5, 5.41) is 3.34. The molecule has 0 spiro atoms. The van der Waals surface area contributed by atoms with E-state index in [0.29, 0.717) is 15.7 Å². The third kappa shape index (κ3) is 3.61. The first kappa shape index (κ1) is 16.9. The molecular formula is C18H17N3O3S. The average molecular weight is 355 g/mol. The number of benzene rings is 1. The van der Waals surface area contributed by atoms with Gasteiger partial charge in [0.25, 0.3) is 5.91 Å². The molecule has 128 valence electrons. The zero-order valence-electron chi connectivity index (χ0n) is 13.8. The van der Waals surface area contributed by atoms with E-state index in [-0.39, 0.29) is 5.91 Å². The molecule has 0 aliphatic heterocycles. The number of carbonyl (C=O) groups is 2. The highest BCUT2D eigenvalue weighted by molar-refractivity contribution is 7.16. The molecule has 0 saturated carbocycles. The summed E-state index contributed by atoms with van der Waals surface area (Å²) >= 11 is 1.27. The van der Waals surface area contributed by atoms with E-state index >= 15 is 0 Å². The Labute approximate surface area is 149 Å². The number of hydrogen-bond acceptors (Lipinski definition) is 5. The molecule has 1 N–H and O–H groups in total. The zero-order chi connectivity index (χ0) is 17.8. The third-order valence-electron chi connectivity index (χ3n) is 3.60. The van der Waals surface area contributed by atoms with Crippen molar-refractivity contribution in [2.24, 2.45) is 0 Å². The summed E-state index contributed by atoms with van der Waals surface area (Å²) in [4.78, 5) is 29.3. The second-order valence-electron chi connectivity index (χ2n) is 5.35. The number of nitrogens with zero attached hydrogens (tertiary/aromatic N) is 2. The van der Waals surface area contributed by atoms with Crippen LogP contribution in [0.25, 0.3) is 16.4 Å². The number of aromatic nitrogens is 2. The second-order valence-corrected chi connectivity index (χ2v) is 6.33. The molecule has 3 rings (SSSR count). The first-order valence-corrected chi connectivity index (χ1v) is 8.50.